The van der Waals surface area contributed by atoms with Crippen molar-refractivity contribution < 1.29 is 13.5 Å². The lowest BCUT2D eigenvalue weighted by Gasteiger charge is -2.10. The van der Waals surface area contributed by atoms with Crippen molar-refractivity contribution in [3.8, 4) is 5.75 Å². The SMILES string of the molecule is CCc1cc(NCCOc2ccc(F)c(F)c2)n2ncnc2n1. The molecule has 0 atom stereocenters. The second kappa shape index (κ2) is 6.55. The molecule has 2 aromatic heterocycles. The fraction of sp³-hybridized carbons (Fsp3) is 0.267. The number of benzene rings is 1. The first-order valence-corrected chi connectivity index (χ1v) is 7.18. The highest BCUT2D eigenvalue weighted by Crippen LogP contribution is 2.15. The summed E-state index contributed by atoms with van der Waals surface area (Å²) in [6, 6.07) is 5.33. The Labute approximate surface area is 131 Å². The van der Waals surface area contributed by atoms with Crippen molar-refractivity contribution in [2.75, 3.05) is 18.5 Å². The summed E-state index contributed by atoms with van der Waals surface area (Å²) in [4.78, 5) is 8.42. The summed E-state index contributed by atoms with van der Waals surface area (Å²) < 4.78 is 32.9. The number of nitrogens with one attached hydrogen (secondary N) is 1. The van der Waals surface area contributed by atoms with E-state index in [1.807, 2.05) is 13.0 Å². The first kappa shape index (κ1) is 15.1. The van der Waals surface area contributed by atoms with Gasteiger partial charge in [0.05, 0.1) is 6.54 Å². The van der Waals surface area contributed by atoms with E-state index in [4.69, 9.17) is 4.74 Å². The summed E-state index contributed by atoms with van der Waals surface area (Å²) in [6.07, 6.45) is 2.22. The zero-order valence-electron chi connectivity index (χ0n) is 12.5. The summed E-state index contributed by atoms with van der Waals surface area (Å²) >= 11 is 0. The van der Waals surface area contributed by atoms with Crippen molar-refractivity contribution in [1.29, 1.82) is 0 Å². The molecular formula is C15H15F2N5O. The van der Waals surface area contributed by atoms with Crippen molar-refractivity contribution in [2.45, 2.75) is 13.3 Å². The van der Waals surface area contributed by atoms with Gasteiger partial charge in [-0.15, -0.1) is 0 Å². The van der Waals surface area contributed by atoms with Crippen molar-refractivity contribution in [1.82, 2.24) is 19.6 Å². The molecule has 6 nitrogen and oxygen atoms in total. The van der Waals surface area contributed by atoms with Crippen LogP contribution < -0.4 is 10.1 Å². The van der Waals surface area contributed by atoms with Gasteiger partial charge in [0, 0.05) is 17.8 Å². The lowest BCUT2D eigenvalue weighted by molar-refractivity contribution is 0.329. The number of fused-ring (bicyclic) bond motifs is 1. The van der Waals surface area contributed by atoms with Gasteiger partial charge in [0.15, 0.2) is 11.6 Å². The van der Waals surface area contributed by atoms with Crippen LogP contribution in [0.4, 0.5) is 14.6 Å². The van der Waals surface area contributed by atoms with Crippen molar-refractivity contribution in [2.24, 2.45) is 0 Å². The maximum Gasteiger partial charge on any atom is 0.254 e. The number of halogens is 2. The minimum atomic E-state index is -0.929. The van der Waals surface area contributed by atoms with Crippen LogP contribution in [0.5, 0.6) is 5.75 Å². The second-order valence-corrected chi connectivity index (χ2v) is 4.81. The number of aromatic nitrogens is 4. The van der Waals surface area contributed by atoms with Crippen molar-refractivity contribution in [3.63, 3.8) is 0 Å². The fourth-order valence-electron chi connectivity index (χ4n) is 2.08. The van der Waals surface area contributed by atoms with Gasteiger partial charge in [0.2, 0.25) is 0 Å². The van der Waals surface area contributed by atoms with E-state index >= 15 is 0 Å². The van der Waals surface area contributed by atoms with Gasteiger partial charge in [-0.1, -0.05) is 6.92 Å². The number of hydrogen-bond donors (Lipinski definition) is 1. The van der Waals surface area contributed by atoms with Gasteiger partial charge < -0.3 is 10.1 Å². The molecule has 0 aliphatic heterocycles. The van der Waals surface area contributed by atoms with Crippen LogP contribution >= 0.6 is 0 Å². The minimum Gasteiger partial charge on any atom is -0.492 e. The molecule has 8 heteroatoms. The molecule has 0 fully saturated rings. The fourth-order valence-corrected chi connectivity index (χ4v) is 2.08. The molecule has 0 unspecified atom stereocenters. The topological polar surface area (TPSA) is 64.3 Å². The molecule has 0 aliphatic rings. The zero-order chi connectivity index (χ0) is 16.2. The molecule has 0 amide bonds. The van der Waals surface area contributed by atoms with E-state index in [2.05, 4.69) is 20.4 Å². The first-order chi connectivity index (χ1) is 11.2. The Kier molecular flexibility index (Phi) is 4.31. The zero-order valence-corrected chi connectivity index (χ0v) is 12.5. The van der Waals surface area contributed by atoms with Crippen molar-refractivity contribution in [3.05, 3.63) is 47.9 Å². The molecule has 0 spiro atoms. The highest BCUT2D eigenvalue weighted by molar-refractivity contribution is 5.44. The van der Waals surface area contributed by atoms with Crippen LogP contribution in [0.25, 0.3) is 5.78 Å². The van der Waals surface area contributed by atoms with E-state index in [0.29, 0.717) is 12.3 Å². The lowest BCUT2D eigenvalue weighted by atomic mass is 10.3. The van der Waals surface area contributed by atoms with Gasteiger partial charge in [-0.2, -0.15) is 14.6 Å². The molecule has 2 heterocycles. The van der Waals surface area contributed by atoms with E-state index in [1.54, 1.807) is 4.52 Å². The smallest absolute Gasteiger partial charge is 0.254 e. The molecule has 120 valence electrons. The van der Waals surface area contributed by atoms with Gasteiger partial charge in [-0.3, -0.25) is 0 Å². The number of nitrogens with zero attached hydrogens (tertiary/aromatic N) is 4. The first-order valence-electron chi connectivity index (χ1n) is 7.18. The predicted molar refractivity (Wildman–Crippen MR) is 80.5 cm³/mol. The Hall–Kier alpha value is -2.77. The minimum absolute atomic E-state index is 0.278. The molecule has 0 saturated heterocycles. The van der Waals surface area contributed by atoms with Crippen LogP contribution in [0, 0.1) is 11.6 Å². The number of rotatable bonds is 6. The van der Waals surface area contributed by atoms with Gasteiger partial charge >= 0.3 is 0 Å². The summed E-state index contributed by atoms with van der Waals surface area (Å²) in [5, 5.41) is 7.27. The predicted octanol–water partition coefficient (Wildman–Crippen LogP) is 2.46. The molecule has 0 saturated carbocycles. The Balaban J connectivity index is 1.62. The van der Waals surface area contributed by atoms with Gasteiger partial charge in [0.1, 0.15) is 24.5 Å². The summed E-state index contributed by atoms with van der Waals surface area (Å²) in [5.74, 6) is -0.276. The molecule has 3 aromatic rings. The molecule has 3 rings (SSSR count). The third kappa shape index (κ3) is 3.36. The van der Waals surface area contributed by atoms with Crippen LogP contribution in [0.15, 0.2) is 30.6 Å². The molecular weight excluding hydrogens is 304 g/mol. The van der Waals surface area contributed by atoms with Crippen LogP contribution in [0.3, 0.4) is 0 Å². The number of aryl methyl sites for hydroxylation is 1. The van der Waals surface area contributed by atoms with Gasteiger partial charge in [-0.05, 0) is 18.6 Å². The Bertz CT molecular complexity index is 821. The summed E-state index contributed by atoms with van der Waals surface area (Å²) in [6.45, 7) is 2.75. The summed E-state index contributed by atoms with van der Waals surface area (Å²) in [5.41, 5.74) is 0.898. The maximum atomic E-state index is 13.1. The quantitative estimate of drug-likeness (QED) is 0.707. The molecule has 1 aromatic carbocycles. The van der Waals surface area contributed by atoms with Crippen LogP contribution in [0.1, 0.15) is 12.6 Å². The van der Waals surface area contributed by atoms with E-state index < -0.39 is 11.6 Å². The number of hydrogen-bond acceptors (Lipinski definition) is 5. The van der Waals surface area contributed by atoms with Crippen LogP contribution in [-0.4, -0.2) is 32.7 Å². The van der Waals surface area contributed by atoms with Crippen LogP contribution in [-0.2, 0) is 6.42 Å². The van der Waals surface area contributed by atoms with Crippen LogP contribution in [0.2, 0.25) is 0 Å². The maximum absolute atomic E-state index is 13.1. The number of anilines is 1. The normalized spacial score (nSPS) is 10.9. The molecule has 23 heavy (non-hydrogen) atoms. The number of ether oxygens (including phenoxy) is 1. The third-order valence-electron chi connectivity index (χ3n) is 3.24. The third-order valence-corrected chi connectivity index (χ3v) is 3.24. The van der Waals surface area contributed by atoms with E-state index in [-0.39, 0.29) is 12.4 Å². The van der Waals surface area contributed by atoms with Gasteiger partial charge in [-0.25, -0.2) is 13.8 Å². The Morgan fingerprint density at radius 3 is 2.87 bits per heavy atom. The van der Waals surface area contributed by atoms with E-state index in [9.17, 15) is 8.78 Å². The lowest BCUT2D eigenvalue weighted by Crippen LogP contribution is -2.15. The standard InChI is InChI=1S/C15H15F2N5O/c1-2-10-7-14(22-15(21-10)19-9-20-22)18-5-6-23-11-3-4-12(16)13(17)8-11/h3-4,7-9,18H,2,5-6H2,1H3. The summed E-state index contributed by atoms with van der Waals surface area (Å²) in [7, 11) is 0. The monoisotopic (exact) mass is 319 g/mol. The molecule has 0 radical (unpaired) electrons. The molecule has 1 N–H and O–H groups in total. The average Bonchev–Trinajstić information content (AvgIpc) is 3.03. The van der Waals surface area contributed by atoms with Crippen molar-refractivity contribution >= 4 is 11.6 Å². The Morgan fingerprint density at radius 2 is 2.09 bits per heavy atom. The largest absolute Gasteiger partial charge is 0.492 e. The average molecular weight is 319 g/mol. The highest BCUT2D eigenvalue weighted by Gasteiger charge is 2.07. The molecule has 0 aliphatic carbocycles. The second-order valence-electron chi connectivity index (χ2n) is 4.81. The molecule has 0 bridgehead atoms. The highest BCUT2D eigenvalue weighted by atomic mass is 19.2. The Morgan fingerprint density at radius 1 is 1.22 bits per heavy atom. The van der Waals surface area contributed by atoms with E-state index in [0.717, 1.165) is 30.1 Å². The van der Waals surface area contributed by atoms with E-state index in [1.165, 1.54) is 12.4 Å². The van der Waals surface area contributed by atoms with Gasteiger partial charge in [0.25, 0.3) is 5.78 Å².